The summed E-state index contributed by atoms with van der Waals surface area (Å²) in [5.41, 5.74) is 5.73. The van der Waals surface area contributed by atoms with Gasteiger partial charge in [0.25, 0.3) is 0 Å². The molecule has 0 aromatic heterocycles. The number of thiol groups is 1. The fourth-order valence-electron chi connectivity index (χ4n) is 3.16. The first-order chi connectivity index (χ1) is 14.6. The molecule has 1 aliphatic heterocycles. The van der Waals surface area contributed by atoms with Crippen LogP contribution in [0.25, 0.3) is 0 Å². The van der Waals surface area contributed by atoms with Gasteiger partial charge in [-0.3, -0.25) is 19.2 Å². The van der Waals surface area contributed by atoms with Crippen LogP contribution in [0.15, 0.2) is 0 Å². The summed E-state index contributed by atoms with van der Waals surface area (Å²) in [6.45, 7) is 0.333. The molecule has 0 bridgehead atoms. The number of hydrogen-bond acceptors (Lipinski definition) is 8. The van der Waals surface area contributed by atoms with Crippen LogP contribution in [0.1, 0.15) is 32.1 Å². The third-order valence-electron chi connectivity index (χ3n) is 4.86. The largest absolute Gasteiger partial charge is 0.481 e. The van der Waals surface area contributed by atoms with Crippen molar-refractivity contribution in [3.05, 3.63) is 0 Å². The van der Waals surface area contributed by atoms with Gasteiger partial charge in [-0.1, -0.05) is 0 Å². The molecule has 1 saturated heterocycles. The number of aliphatic carboxylic acids is 2. The third-order valence-corrected chi connectivity index (χ3v) is 5.89. The highest BCUT2D eigenvalue weighted by Gasteiger charge is 2.37. The number of carboxylic acid groups (broad SMARTS) is 2. The minimum Gasteiger partial charge on any atom is -0.481 e. The second-order valence-corrected chi connectivity index (χ2v) is 8.50. The number of likely N-dealkylation sites (tertiary alicyclic amines) is 1. The van der Waals surface area contributed by atoms with Crippen molar-refractivity contribution in [1.82, 2.24) is 15.5 Å². The molecule has 0 aliphatic carbocycles. The Kier molecular flexibility index (Phi) is 11.7. The standard InChI is InChI=1S/C18H30N4O7S2/c1-31-8-6-12(18(28)29)21-15(25)11(4-5-14(23)24)20-16(26)13-3-2-7-22(13)17(27)10(19)9-30/h10-13,30H,2-9,19H2,1H3,(H,20,26)(H,21,25)(H,23,24)(H,28,29). The maximum absolute atomic E-state index is 12.8. The number of thioether (sulfide) groups is 1. The van der Waals surface area contributed by atoms with Gasteiger partial charge in [-0.05, 0) is 37.7 Å². The van der Waals surface area contributed by atoms with Gasteiger partial charge in [-0.25, -0.2) is 4.79 Å². The quantitative estimate of drug-likeness (QED) is 0.179. The molecule has 176 valence electrons. The average Bonchev–Trinajstić information content (AvgIpc) is 3.22. The summed E-state index contributed by atoms with van der Waals surface area (Å²) in [5.74, 6) is -3.61. The fourth-order valence-corrected chi connectivity index (χ4v) is 3.79. The molecule has 4 unspecified atom stereocenters. The Bertz CT molecular complexity index is 679. The van der Waals surface area contributed by atoms with E-state index < -0.39 is 60.2 Å². The zero-order valence-electron chi connectivity index (χ0n) is 17.3. The van der Waals surface area contributed by atoms with E-state index in [9.17, 15) is 29.1 Å². The van der Waals surface area contributed by atoms with Crippen LogP contribution in [0.5, 0.6) is 0 Å². The summed E-state index contributed by atoms with van der Waals surface area (Å²) < 4.78 is 0. The van der Waals surface area contributed by atoms with Crippen molar-refractivity contribution < 1.29 is 34.2 Å². The van der Waals surface area contributed by atoms with Gasteiger partial charge >= 0.3 is 11.9 Å². The van der Waals surface area contributed by atoms with E-state index in [2.05, 4.69) is 23.3 Å². The van der Waals surface area contributed by atoms with Gasteiger partial charge in [0.2, 0.25) is 17.7 Å². The second-order valence-electron chi connectivity index (χ2n) is 7.15. The second kappa shape index (κ2) is 13.4. The molecule has 0 aromatic carbocycles. The van der Waals surface area contributed by atoms with Crippen molar-refractivity contribution >= 4 is 54.1 Å². The molecule has 13 heteroatoms. The molecule has 11 nitrogen and oxygen atoms in total. The first kappa shape index (κ1) is 27.0. The minimum atomic E-state index is -1.25. The smallest absolute Gasteiger partial charge is 0.326 e. The number of nitrogens with one attached hydrogen (secondary N) is 2. The van der Waals surface area contributed by atoms with Crippen molar-refractivity contribution in [1.29, 1.82) is 0 Å². The van der Waals surface area contributed by atoms with Crippen molar-refractivity contribution in [2.24, 2.45) is 5.73 Å². The van der Waals surface area contributed by atoms with Crippen LogP contribution < -0.4 is 16.4 Å². The number of nitrogens with zero attached hydrogens (tertiary/aromatic N) is 1. The predicted molar refractivity (Wildman–Crippen MR) is 118 cm³/mol. The molecular formula is C18H30N4O7S2. The van der Waals surface area contributed by atoms with Crippen LogP contribution in [-0.2, 0) is 24.0 Å². The van der Waals surface area contributed by atoms with Crippen LogP contribution in [0.4, 0.5) is 0 Å². The number of carboxylic acids is 2. The van der Waals surface area contributed by atoms with Crippen LogP contribution in [0, 0.1) is 0 Å². The van der Waals surface area contributed by atoms with Gasteiger partial charge in [-0.2, -0.15) is 24.4 Å². The van der Waals surface area contributed by atoms with E-state index >= 15 is 0 Å². The molecule has 1 fully saturated rings. The van der Waals surface area contributed by atoms with E-state index in [0.717, 1.165) is 0 Å². The molecule has 6 N–H and O–H groups in total. The zero-order chi connectivity index (χ0) is 23.6. The highest BCUT2D eigenvalue weighted by atomic mass is 32.2. The molecule has 1 rings (SSSR count). The van der Waals surface area contributed by atoms with Crippen molar-refractivity contribution in [3.8, 4) is 0 Å². The van der Waals surface area contributed by atoms with Crippen molar-refractivity contribution in [2.45, 2.75) is 56.3 Å². The molecule has 3 amide bonds. The number of carbonyl (C=O) groups is 5. The Labute approximate surface area is 190 Å². The van der Waals surface area contributed by atoms with Gasteiger partial charge in [-0.15, -0.1) is 0 Å². The lowest BCUT2D eigenvalue weighted by molar-refractivity contribution is -0.143. The zero-order valence-corrected chi connectivity index (χ0v) is 19.0. The predicted octanol–water partition coefficient (Wildman–Crippen LogP) is -1.09. The van der Waals surface area contributed by atoms with E-state index in [1.54, 1.807) is 6.26 Å². The molecule has 0 spiro atoms. The summed E-state index contributed by atoms with van der Waals surface area (Å²) in [5, 5.41) is 23.1. The molecule has 0 radical (unpaired) electrons. The Balaban J connectivity index is 2.90. The van der Waals surface area contributed by atoms with Gasteiger partial charge < -0.3 is 31.5 Å². The third kappa shape index (κ3) is 8.57. The van der Waals surface area contributed by atoms with Crippen LogP contribution in [0.3, 0.4) is 0 Å². The number of carbonyl (C=O) groups excluding carboxylic acids is 3. The Morgan fingerprint density at radius 2 is 1.84 bits per heavy atom. The van der Waals surface area contributed by atoms with Crippen LogP contribution >= 0.6 is 24.4 Å². The topological polar surface area (TPSA) is 179 Å². The maximum Gasteiger partial charge on any atom is 0.326 e. The van der Waals surface area contributed by atoms with Crippen LogP contribution in [0.2, 0.25) is 0 Å². The maximum atomic E-state index is 12.8. The lowest BCUT2D eigenvalue weighted by Gasteiger charge is -2.28. The summed E-state index contributed by atoms with van der Waals surface area (Å²) in [7, 11) is 0. The van der Waals surface area contributed by atoms with E-state index in [1.165, 1.54) is 16.7 Å². The first-order valence-electron chi connectivity index (χ1n) is 9.83. The molecule has 1 aliphatic rings. The first-order valence-corrected chi connectivity index (χ1v) is 11.9. The number of nitrogens with two attached hydrogens (primary N) is 1. The number of rotatable bonds is 13. The SMILES string of the molecule is CSCCC(NC(=O)C(CCC(=O)O)NC(=O)C1CCCN1C(=O)C(N)CS)C(=O)O. The number of amides is 3. The minimum absolute atomic E-state index is 0.111. The Hall–Kier alpha value is -1.99. The van der Waals surface area contributed by atoms with Crippen molar-refractivity contribution in [3.63, 3.8) is 0 Å². The average molecular weight is 479 g/mol. The van der Waals surface area contributed by atoms with Crippen molar-refractivity contribution in [2.75, 3.05) is 24.3 Å². The van der Waals surface area contributed by atoms with E-state index in [0.29, 0.717) is 25.1 Å². The van der Waals surface area contributed by atoms with Gasteiger partial charge in [0.1, 0.15) is 18.1 Å². The van der Waals surface area contributed by atoms with E-state index in [1.807, 2.05) is 0 Å². The lowest BCUT2D eigenvalue weighted by atomic mass is 10.1. The summed E-state index contributed by atoms with van der Waals surface area (Å²) >= 11 is 5.42. The molecular weight excluding hydrogens is 448 g/mol. The summed E-state index contributed by atoms with van der Waals surface area (Å²) in [6.07, 6.45) is 2.29. The highest BCUT2D eigenvalue weighted by Crippen LogP contribution is 2.19. The van der Waals surface area contributed by atoms with Gasteiger partial charge in [0.15, 0.2) is 0 Å². The molecule has 0 aromatic rings. The molecule has 1 heterocycles. The molecule has 4 atom stereocenters. The van der Waals surface area contributed by atoms with E-state index in [4.69, 9.17) is 10.8 Å². The van der Waals surface area contributed by atoms with Gasteiger partial charge in [0.05, 0.1) is 6.04 Å². The molecule has 31 heavy (non-hydrogen) atoms. The fraction of sp³-hybridized carbons (Fsp3) is 0.722. The summed E-state index contributed by atoms with van der Waals surface area (Å²) in [6, 6.07) is -4.13. The Morgan fingerprint density at radius 3 is 2.39 bits per heavy atom. The highest BCUT2D eigenvalue weighted by molar-refractivity contribution is 7.98. The van der Waals surface area contributed by atoms with E-state index in [-0.39, 0.29) is 18.6 Å². The molecule has 0 saturated carbocycles. The van der Waals surface area contributed by atoms with Crippen LogP contribution in [-0.4, -0.2) is 93.2 Å². The Morgan fingerprint density at radius 1 is 1.16 bits per heavy atom. The lowest BCUT2D eigenvalue weighted by Crippen LogP contribution is -2.56. The monoisotopic (exact) mass is 478 g/mol. The normalized spacial score (nSPS) is 18.7. The van der Waals surface area contributed by atoms with Gasteiger partial charge in [0, 0.05) is 18.7 Å². The number of hydrogen-bond donors (Lipinski definition) is 6. The summed E-state index contributed by atoms with van der Waals surface area (Å²) in [4.78, 5) is 61.6.